The van der Waals surface area contributed by atoms with Gasteiger partial charge in [0.15, 0.2) is 0 Å². The number of hydrogen-bond donors (Lipinski definition) is 0. The van der Waals surface area contributed by atoms with Crippen LogP contribution in [0.1, 0.15) is 29.0 Å². The van der Waals surface area contributed by atoms with E-state index in [0.717, 1.165) is 33.5 Å². The zero-order valence-electron chi connectivity index (χ0n) is 30.9. The van der Waals surface area contributed by atoms with Crippen LogP contribution in [0.2, 0.25) is 0 Å². The number of fused-ring (bicyclic) bond motifs is 8. The number of hydrogen-bond acceptors (Lipinski definition) is 3. The van der Waals surface area contributed by atoms with Crippen molar-refractivity contribution in [3.8, 4) is 6.07 Å². The van der Waals surface area contributed by atoms with E-state index in [1.807, 2.05) is 11.0 Å². The van der Waals surface area contributed by atoms with E-state index < -0.39 is 0 Å². The summed E-state index contributed by atoms with van der Waals surface area (Å²) < 4.78 is 2.35. The number of allylic oxidation sites excluding steroid dienone is 5. The number of anilines is 4. The van der Waals surface area contributed by atoms with Gasteiger partial charge in [-0.25, -0.2) is 4.85 Å². The molecule has 55 heavy (non-hydrogen) atoms. The van der Waals surface area contributed by atoms with Crippen molar-refractivity contribution in [2.45, 2.75) is 38.8 Å². The Kier molecular flexibility index (Phi) is 8.62. The smallest absolute Gasteiger partial charge is 0.207 e. The van der Waals surface area contributed by atoms with Crippen LogP contribution in [0.5, 0.6) is 0 Å². The summed E-state index contributed by atoms with van der Waals surface area (Å²) in [6.07, 6.45) is 13.0. The van der Waals surface area contributed by atoms with Crippen LogP contribution in [0, 0.1) is 31.8 Å². The van der Waals surface area contributed by atoms with Gasteiger partial charge in [0, 0.05) is 57.2 Å². The summed E-state index contributed by atoms with van der Waals surface area (Å²) in [7, 11) is 0. The summed E-state index contributed by atoms with van der Waals surface area (Å²) >= 11 is 0. The fourth-order valence-electron chi connectivity index (χ4n) is 8.47. The van der Waals surface area contributed by atoms with Crippen molar-refractivity contribution < 1.29 is 0 Å². The summed E-state index contributed by atoms with van der Waals surface area (Å²) in [5, 5.41) is 14.9. The minimum Gasteiger partial charge on any atom is -0.337 e. The van der Waals surface area contributed by atoms with Gasteiger partial charge in [-0.3, -0.25) is 0 Å². The van der Waals surface area contributed by atoms with Gasteiger partial charge in [-0.2, -0.15) is 5.26 Å². The predicted octanol–water partition coefficient (Wildman–Crippen LogP) is 12.7. The van der Waals surface area contributed by atoms with Crippen molar-refractivity contribution in [1.29, 1.82) is 5.26 Å². The zero-order valence-corrected chi connectivity index (χ0v) is 30.9. The van der Waals surface area contributed by atoms with Crippen molar-refractivity contribution in [3.05, 3.63) is 203 Å². The summed E-state index contributed by atoms with van der Waals surface area (Å²) in [6, 6.07) is 47.7. The van der Waals surface area contributed by atoms with Gasteiger partial charge in [-0.15, -0.1) is 0 Å². The molecule has 5 nitrogen and oxygen atoms in total. The highest BCUT2D eigenvalue weighted by molar-refractivity contribution is 6.21. The summed E-state index contributed by atoms with van der Waals surface area (Å²) in [4.78, 5) is 8.57. The van der Waals surface area contributed by atoms with Gasteiger partial charge in [0.25, 0.3) is 0 Å². The molecule has 0 fully saturated rings. The van der Waals surface area contributed by atoms with Gasteiger partial charge in [0.2, 0.25) is 5.70 Å². The molecule has 9 rings (SSSR count). The Morgan fingerprint density at radius 1 is 0.782 bits per heavy atom. The second-order valence-corrected chi connectivity index (χ2v) is 14.4. The predicted molar refractivity (Wildman–Crippen MR) is 228 cm³/mol. The average Bonchev–Trinajstić information content (AvgIpc) is 3.73. The van der Waals surface area contributed by atoms with Crippen LogP contribution in [0.4, 0.5) is 22.7 Å². The lowest BCUT2D eigenvalue weighted by molar-refractivity contribution is 0.745. The third kappa shape index (κ3) is 5.88. The monoisotopic (exact) mass is 709 g/mol. The van der Waals surface area contributed by atoms with Gasteiger partial charge in [-0.05, 0) is 84.8 Å². The van der Waals surface area contributed by atoms with Crippen LogP contribution in [-0.4, -0.2) is 10.6 Å². The Labute approximate surface area is 322 Å². The van der Waals surface area contributed by atoms with Gasteiger partial charge in [0.1, 0.15) is 0 Å². The van der Waals surface area contributed by atoms with Crippen LogP contribution >= 0.6 is 0 Å². The molecule has 2 unspecified atom stereocenters. The molecule has 0 spiro atoms. The normalized spacial score (nSPS) is 16.3. The highest BCUT2D eigenvalue weighted by Crippen LogP contribution is 2.48. The fraction of sp³-hybridized carbons (Fsp3) is 0.120. The van der Waals surface area contributed by atoms with E-state index >= 15 is 0 Å². The van der Waals surface area contributed by atoms with E-state index in [1.165, 1.54) is 38.5 Å². The summed E-state index contributed by atoms with van der Waals surface area (Å²) in [5.41, 5.74) is 11.2. The van der Waals surface area contributed by atoms with E-state index in [9.17, 15) is 5.26 Å². The maximum atomic E-state index is 10.1. The number of aromatic nitrogens is 1. The zero-order chi connectivity index (χ0) is 37.5. The largest absolute Gasteiger partial charge is 0.337 e. The maximum absolute atomic E-state index is 10.1. The standard InChI is InChI=1S/C50H39N5/c1-34-18-23-37(24-19-34)54(38-25-20-35(2)21-26-38)48(30-31-51)44(52-3)15-10-32-53-45-29-27-39(33-43(45)50-40-12-5-4-11-36(40)22-28-49(50)53)55-46-16-8-6-13-41(46)42-14-7-9-17-47(42)55/h4-29,33,41,46H,30,32H2,1-2H3/b15-10-,48-44-. The quantitative estimate of drug-likeness (QED) is 0.116. The second-order valence-electron chi connectivity index (χ2n) is 14.4. The molecule has 1 aliphatic heterocycles. The molecule has 2 atom stereocenters. The highest BCUT2D eigenvalue weighted by Gasteiger charge is 2.37. The molecule has 0 bridgehead atoms. The van der Waals surface area contributed by atoms with E-state index in [2.05, 4.69) is 192 Å². The Morgan fingerprint density at radius 2 is 1.47 bits per heavy atom. The van der Waals surface area contributed by atoms with Crippen LogP contribution in [0.3, 0.4) is 0 Å². The van der Waals surface area contributed by atoms with Crippen LogP contribution in [0.25, 0.3) is 37.4 Å². The first-order chi connectivity index (χ1) is 27.0. The van der Waals surface area contributed by atoms with Crippen LogP contribution < -0.4 is 9.80 Å². The SMILES string of the molecule is [C-]#[N+]C(/C=C\Cn1c2ccc(N3c4ccccc4C4C=CC=CC43)cc2c2c3ccccc3ccc21)=C(/CC#N)N(c1ccc(C)cc1)c1ccc(C)cc1. The summed E-state index contributed by atoms with van der Waals surface area (Å²) in [6.45, 7) is 13.0. The molecule has 5 heteroatoms. The van der Waals surface area contributed by atoms with E-state index in [1.54, 1.807) is 0 Å². The molecule has 7 aromatic rings. The van der Waals surface area contributed by atoms with E-state index in [0.29, 0.717) is 23.9 Å². The Morgan fingerprint density at radius 3 is 2.22 bits per heavy atom. The molecule has 264 valence electrons. The Hall–Kier alpha value is -7.08. The van der Waals surface area contributed by atoms with Crippen LogP contribution in [0.15, 0.2) is 175 Å². The number of benzene rings is 6. The number of nitriles is 1. The van der Waals surface area contributed by atoms with E-state index in [-0.39, 0.29) is 12.5 Å². The molecule has 1 aliphatic carbocycles. The fourth-order valence-corrected chi connectivity index (χ4v) is 8.47. The van der Waals surface area contributed by atoms with Crippen molar-refractivity contribution in [2.75, 3.05) is 9.80 Å². The topological polar surface area (TPSA) is 39.6 Å². The number of nitrogens with zero attached hydrogens (tertiary/aromatic N) is 5. The maximum Gasteiger partial charge on any atom is 0.207 e. The first-order valence-electron chi connectivity index (χ1n) is 18.8. The number of para-hydroxylation sites is 1. The molecule has 1 aromatic heterocycles. The van der Waals surface area contributed by atoms with Crippen molar-refractivity contribution in [2.24, 2.45) is 0 Å². The highest BCUT2D eigenvalue weighted by atomic mass is 15.2. The number of aryl methyl sites for hydroxylation is 2. The molecule has 0 N–H and O–H groups in total. The van der Waals surface area contributed by atoms with Crippen LogP contribution in [-0.2, 0) is 6.54 Å². The lowest BCUT2D eigenvalue weighted by Crippen LogP contribution is -2.28. The molecule has 2 aliphatic rings. The molecule has 2 heterocycles. The van der Waals surface area contributed by atoms with E-state index in [4.69, 9.17) is 6.57 Å². The number of rotatable bonds is 8. The third-order valence-electron chi connectivity index (χ3n) is 11.1. The summed E-state index contributed by atoms with van der Waals surface area (Å²) in [5.74, 6) is 0.313. The minimum atomic E-state index is 0.0837. The minimum absolute atomic E-state index is 0.0837. The first-order valence-corrected chi connectivity index (χ1v) is 18.8. The van der Waals surface area contributed by atoms with Crippen molar-refractivity contribution in [3.63, 3.8) is 0 Å². The molecule has 0 saturated carbocycles. The van der Waals surface area contributed by atoms with Gasteiger partial charge >= 0.3 is 0 Å². The molecule has 0 saturated heterocycles. The Balaban J connectivity index is 1.17. The second kappa shape index (κ2) is 14.0. The molecular weight excluding hydrogens is 671 g/mol. The van der Waals surface area contributed by atoms with Crippen molar-refractivity contribution >= 4 is 55.3 Å². The molecule has 0 amide bonds. The molecule has 6 aromatic carbocycles. The van der Waals surface area contributed by atoms with Gasteiger partial charge in [0.05, 0.1) is 30.6 Å². The molecular formula is C50H39N5. The molecule has 0 radical (unpaired) electrons. The third-order valence-corrected chi connectivity index (χ3v) is 11.1. The van der Waals surface area contributed by atoms with Gasteiger partial charge in [-0.1, -0.05) is 120 Å². The lowest BCUT2D eigenvalue weighted by atomic mass is 9.91. The van der Waals surface area contributed by atoms with Gasteiger partial charge < -0.3 is 14.4 Å². The average molecular weight is 710 g/mol. The first kappa shape index (κ1) is 33.7. The van der Waals surface area contributed by atoms with Crippen molar-refractivity contribution in [1.82, 2.24) is 4.57 Å². The lowest BCUT2D eigenvalue weighted by Gasteiger charge is -2.28. The Bertz CT molecular complexity index is 2770.